The van der Waals surface area contributed by atoms with Gasteiger partial charge in [-0.05, 0) is 48.7 Å². The van der Waals surface area contributed by atoms with Crippen molar-refractivity contribution in [2.75, 3.05) is 12.3 Å². The summed E-state index contributed by atoms with van der Waals surface area (Å²) >= 11 is 0. The van der Waals surface area contributed by atoms with Crippen LogP contribution in [0.1, 0.15) is 38.1 Å². The molecule has 5 nitrogen and oxygen atoms in total. The van der Waals surface area contributed by atoms with Crippen molar-refractivity contribution < 1.29 is 12.8 Å². The lowest BCUT2D eigenvalue weighted by molar-refractivity contribution is 0.546. The number of hydrogen-bond donors (Lipinski definition) is 1. The molecule has 0 unspecified atom stereocenters. The number of fused-ring (bicyclic) bond motifs is 1. The van der Waals surface area contributed by atoms with Crippen molar-refractivity contribution in [1.29, 1.82) is 0 Å². The summed E-state index contributed by atoms with van der Waals surface area (Å²) in [5.74, 6) is -0.223. The van der Waals surface area contributed by atoms with Gasteiger partial charge in [-0.15, -0.1) is 24.8 Å². The van der Waals surface area contributed by atoms with Crippen molar-refractivity contribution in [2.24, 2.45) is 5.73 Å². The number of halogens is 3. The second-order valence-electron chi connectivity index (χ2n) is 7.64. The molecule has 0 fully saturated rings. The zero-order valence-electron chi connectivity index (χ0n) is 18.6. The van der Waals surface area contributed by atoms with Crippen LogP contribution in [0.3, 0.4) is 0 Å². The summed E-state index contributed by atoms with van der Waals surface area (Å²) in [6.45, 7) is 7.80. The van der Waals surface area contributed by atoms with Gasteiger partial charge in [0.15, 0.2) is 9.84 Å². The highest BCUT2D eigenvalue weighted by Crippen LogP contribution is 2.39. The van der Waals surface area contributed by atoms with E-state index in [1.54, 1.807) is 25.1 Å². The van der Waals surface area contributed by atoms with E-state index in [9.17, 15) is 12.8 Å². The first kappa shape index (κ1) is 28.1. The van der Waals surface area contributed by atoms with E-state index in [0.29, 0.717) is 0 Å². The highest BCUT2D eigenvalue weighted by atomic mass is 35.5. The fourth-order valence-corrected chi connectivity index (χ4v) is 4.67. The first-order valence-corrected chi connectivity index (χ1v) is 11.7. The molecule has 1 aromatic carbocycles. The van der Waals surface area contributed by atoms with Crippen molar-refractivity contribution in [3.63, 3.8) is 0 Å². The molecule has 0 aliphatic rings. The van der Waals surface area contributed by atoms with Crippen LogP contribution in [0.25, 0.3) is 22.2 Å². The highest BCUT2D eigenvalue weighted by Gasteiger charge is 2.24. The van der Waals surface area contributed by atoms with Gasteiger partial charge >= 0.3 is 0 Å². The van der Waals surface area contributed by atoms with E-state index in [1.807, 2.05) is 43.5 Å². The molecular weight excluding hydrogens is 472 g/mol. The Morgan fingerprint density at radius 2 is 1.91 bits per heavy atom. The normalized spacial score (nSPS) is 12.0. The van der Waals surface area contributed by atoms with Crippen LogP contribution in [0.15, 0.2) is 53.2 Å². The zero-order valence-corrected chi connectivity index (χ0v) is 21.1. The summed E-state index contributed by atoms with van der Waals surface area (Å²) in [4.78, 5) is 5.02. The predicted molar refractivity (Wildman–Crippen MR) is 134 cm³/mol. The van der Waals surface area contributed by atoms with Gasteiger partial charge in [0.25, 0.3) is 0 Å². The maximum atomic E-state index is 14.5. The molecule has 2 N–H and O–H groups in total. The Kier molecular flexibility index (Phi) is 9.90. The molecule has 0 aliphatic heterocycles. The SMILES string of the molecule is CCS(=O)(=O)c1cccc(-c2c(C(C)C)n(C/C(F)=C/CN)c3ccc(C)nc23)c1.Cl.Cl. The van der Waals surface area contributed by atoms with Gasteiger partial charge in [0.1, 0.15) is 5.83 Å². The lowest BCUT2D eigenvalue weighted by atomic mass is 9.98. The van der Waals surface area contributed by atoms with Crippen molar-refractivity contribution in [3.05, 3.63) is 59.7 Å². The van der Waals surface area contributed by atoms with Crippen LogP contribution < -0.4 is 5.73 Å². The quantitative estimate of drug-likeness (QED) is 0.457. The van der Waals surface area contributed by atoms with Gasteiger partial charge in [-0.2, -0.15) is 0 Å². The highest BCUT2D eigenvalue weighted by molar-refractivity contribution is 7.91. The molecule has 32 heavy (non-hydrogen) atoms. The van der Waals surface area contributed by atoms with Gasteiger partial charge in [-0.25, -0.2) is 12.8 Å². The van der Waals surface area contributed by atoms with Crippen LogP contribution in [-0.2, 0) is 16.4 Å². The van der Waals surface area contributed by atoms with E-state index in [2.05, 4.69) is 0 Å². The van der Waals surface area contributed by atoms with Gasteiger partial charge in [-0.1, -0.05) is 32.9 Å². The number of pyridine rings is 1. The van der Waals surface area contributed by atoms with Crippen molar-refractivity contribution in [1.82, 2.24) is 9.55 Å². The number of allylic oxidation sites excluding steroid dienone is 1. The van der Waals surface area contributed by atoms with Gasteiger partial charge in [0, 0.05) is 23.5 Å². The van der Waals surface area contributed by atoms with E-state index >= 15 is 0 Å². The monoisotopic (exact) mass is 501 g/mol. The Balaban J connectivity index is 0.00000256. The molecule has 0 saturated heterocycles. The summed E-state index contributed by atoms with van der Waals surface area (Å²) in [6.07, 6.45) is 1.37. The van der Waals surface area contributed by atoms with Crippen molar-refractivity contribution in [2.45, 2.75) is 45.1 Å². The molecular formula is C23H30Cl2FN3O2S. The Morgan fingerprint density at radius 3 is 2.50 bits per heavy atom. The number of hydrogen-bond acceptors (Lipinski definition) is 4. The maximum absolute atomic E-state index is 14.5. The van der Waals surface area contributed by atoms with Crippen LogP contribution in [0.4, 0.5) is 4.39 Å². The van der Waals surface area contributed by atoms with Crippen molar-refractivity contribution in [3.8, 4) is 11.1 Å². The molecule has 0 atom stereocenters. The number of rotatable bonds is 7. The third-order valence-corrected chi connectivity index (χ3v) is 6.88. The molecule has 0 aliphatic carbocycles. The number of sulfone groups is 1. The Labute approximate surface area is 201 Å². The fraction of sp³-hybridized carbons (Fsp3) is 0.348. The van der Waals surface area contributed by atoms with E-state index in [-0.39, 0.29) is 60.3 Å². The van der Waals surface area contributed by atoms with Gasteiger partial charge in [0.2, 0.25) is 0 Å². The predicted octanol–water partition coefficient (Wildman–Crippen LogP) is 5.58. The van der Waals surface area contributed by atoms with Crippen LogP contribution in [-0.4, -0.2) is 30.3 Å². The molecule has 0 radical (unpaired) electrons. The molecule has 0 bridgehead atoms. The average Bonchev–Trinajstić information content (AvgIpc) is 3.01. The van der Waals surface area contributed by atoms with Gasteiger partial charge in [0.05, 0.1) is 28.2 Å². The van der Waals surface area contributed by atoms with Crippen LogP contribution in [0, 0.1) is 6.92 Å². The lowest BCUT2D eigenvalue weighted by Gasteiger charge is -2.15. The van der Waals surface area contributed by atoms with Gasteiger partial charge in [-0.3, -0.25) is 4.98 Å². The number of nitrogens with two attached hydrogens (primary N) is 1. The molecule has 0 amide bonds. The Morgan fingerprint density at radius 1 is 1.22 bits per heavy atom. The molecule has 176 valence electrons. The third kappa shape index (κ3) is 5.52. The summed E-state index contributed by atoms with van der Waals surface area (Å²) in [6, 6.07) is 10.8. The van der Waals surface area contributed by atoms with E-state index in [0.717, 1.165) is 33.5 Å². The second kappa shape index (κ2) is 11.3. The molecule has 0 spiro atoms. The largest absolute Gasteiger partial charge is 0.336 e. The molecule has 3 rings (SSSR count). The van der Waals surface area contributed by atoms with Crippen LogP contribution >= 0.6 is 24.8 Å². The number of aryl methyl sites for hydroxylation is 1. The number of benzene rings is 1. The third-order valence-electron chi connectivity index (χ3n) is 5.14. The lowest BCUT2D eigenvalue weighted by Crippen LogP contribution is -2.07. The molecule has 0 saturated carbocycles. The minimum Gasteiger partial charge on any atom is -0.336 e. The smallest absolute Gasteiger partial charge is 0.178 e. The minimum atomic E-state index is -3.35. The van der Waals surface area contributed by atoms with E-state index < -0.39 is 9.84 Å². The Hall–Kier alpha value is -1.93. The molecule has 3 aromatic rings. The first-order valence-electron chi connectivity index (χ1n) is 10.1. The van der Waals surface area contributed by atoms with E-state index in [1.165, 1.54) is 6.08 Å². The average molecular weight is 502 g/mol. The van der Waals surface area contributed by atoms with E-state index in [4.69, 9.17) is 10.7 Å². The molecule has 9 heteroatoms. The first-order chi connectivity index (χ1) is 14.2. The summed E-state index contributed by atoms with van der Waals surface area (Å²) in [7, 11) is -3.35. The minimum absolute atomic E-state index is 0. The zero-order chi connectivity index (χ0) is 22.1. The van der Waals surface area contributed by atoms with Gasteiger partial charge < -0.3 is 10.3 Å². The molecule has 2 heterocycles. The topological polar surface area (TPSA) is 78.0 Å². The summed E-state index contributed by atoms with van der Waals surface area (Å²) < 4.78 is 41.3. The number of aromatic nitrogens is 2. The standard InChI is InChI=1S/C23H28FN3O2S.2ClH/c1-5-30(28,29)19-8-6-7-17(13-19)21-22-20(10-9-16(4)26-22)27(23(21)15(2)3)14-18(24)11-12-25;;/h6-11,13,15H,5,12,14,25H2,1-4H3;2*1H/b18-11-;;. The fourth-order valence-electron chi connectivity index (χ4n) is 3.75. The summed E-state index contributed by atoms with van der Waals surface area (Å²) in [5.41, 5.74) is 10.4. The maximum Gasteiger partial charge on any atom is 0.178 e. The summed E-state index contributed by atoms with van der Waals surface area (Å²) in [5, 5.41) is 0. The van der Waals surface area contributed by atoms with Crippen LogP contribution in [0.2, 0.25) is 0 Å². The van der Waals surface area contributed by atoms with Crippen LogP contribution in [0.5, 0.6) is 0 Å². The second-order valence-corrected chi connectivity index (χ2v) is 9.92. The van der Waals surface area contributed by atoms with Crippen molar-refractivity contribution >= 4 is 45.7 Å². The molecule has 2 aromatic heterocycles. The number of nitrogens with zero attached hydrogens (tertiary/aromatic N) is 2. The Bertz CT molecular complexity index is 1220.